The largest absolute Gasteiger partial charge is 0.494 e. The SMILES string of the molecule is COC(=O)C(C)C(C)Nc1ccc(F)c(OC)c1. The highest BCUT2D eigenvalue weighted by Gasteiger charge is 2.20. The maximum atomic E-state index is 13.2. The molecule has 100 valence electrons. The third-order valence-corrected chi connectivity index (χ3v) is 2.87. The van der Waals surface area contributed by atoms with Crippen molar-refractivity contribution in [3.05, 3.63) is 24.0 Å². The molecule has 1 aromatic carbocycles. The van der Waals surface area contributed by atoms with Gasteiger partial charge >= 0.3 is 5.97 Å². The fourth-order valence-electron chi connectivity index (χ4n) is 1.53. The molecule has 0 aliphatic carbocycles. The molecule has 0 radical (unpaired) electrons. The van der Waals surface area contributed by atoms with E-state index in [1.807, 2.05) is 6.92 Å². The first-order chi connectivity index (χ1) is 8.49. The van der Waals surface area contributed by atoms with E-state index in [1.165, 1.54) is 20.3 Å². The molecule has 5 heteroatoms. The minimum Gasteiger partial charge on any atom is -0.494 e. The Kier molecular flexibility index (Phi) is 4.95. The molecule has 0 aromatic heterocycles. The Morgan fingerprint density at radius 2 is 2.00 bits per heavy atom. The number of benzene rings is 1. The molecule has 1 N–H and O–H groups in total. The van der Waals surface area contributed by atoms with Gasteiger partial charge in [0.2, 0.25) is 0 Å². The van der Waals surface area contributed by atoms with E-state index in [0.29, 0.717) is 5.69 Å². The number of rotatable bonds is 5. The molecular formula is C13H18FNO3. The van der Waals surface area contributed by atoms with Crippen LogP contribution in [0.2, 0.25) is 0 Å². The summed E-state index contributed by atoms with van der Waals surface area (Å²) in [6, 6.07) is 4.33. The molecule has 0 spiro atoms. The van der Waals surface area contributed by atoms with Crippen molar-refractivity contribution in [3.8, 4) is 5.75 Å². The topological polar surface area (TPSA) is 47.6 Å². The minimum absolute atomic E-state index is 0.132. The molecule has 18 heavy (non-hydrogen) atoms. The zero-order chi connectivity index (χ0) is 13.7. The standard InChI is InChI=1S/C13H18FNO3/c1-8(13(16)18-4)9(2)15-10-5-6-11(14)12(7-10)17-3/h5-9,15H,1-4H3. The summed E-state index contributed by atoms with van der Waals surface area (Å²) in [5, 5.41) is 3.11. The Morgan fingerprint density at radius 1 is 1.33 bits per heavy atom. The molecule has 0 amide bonds. The van der Waals surface area contributed by atoms with Crippen LogP contribution in [-0.4, -0.2) is 26.2 Å². The van der Waals surface area contributed by atoms with Crippen LogP contribution < -0.4 is 10.1 Å². The van der Waals surface area contributed by atoms with Gasteiger partial charge < -0.3 is 14.8 Å². The number of nitrogens with one attached hydrogen (secondary N) is 1. The second kappa shape index (κ2) is 6.23. The number of hydrogen-bond acceptors (Lipinski definition) is 4. The third kappa shape index (κ3) is 3.35. The molecule has 2 unspecified atom stereocenters. The summed E-state index contributed by atoms with van der Waals surface area (Å²) in [6.45, 7) is 3.63. The van der Waals surface area contributed by atoms with Gasteiger partial charge in [0, 0.05) is 17.8 Å². The van der Waals surface area contributed by atoms with Crippen LogP contribution in [0.15, 0.2) is 18.2 Å². The van der Waals surface area contributed by atoms with E-state index in [2.05, 4.69) is 10.1 Å². The zero-order valence-electron chi connectivity index (χ0n) is 11.0. The van der Waals surface area contributed by atoms with Gasteiger partial charge in [0.25, 0.3) is 0 Å². The Balaban J connectivity index is 2.75. The first-order valence-electron chi connectivity index (χ1n) is 5.67. The van der Waals surface area contributed by atoms with Crippen molar-refractivity contribution in [1.82, 2.24) is 0 Å². The lowest BCUT2D eigenvalue weighted by molar-refractivity contribution is -0.145. The van der Waals surface area contributed by atoms with Gasteiger partial charge in [-0.15, -0.1) is 0 Å². The quantitative estimate of drug-likeness (QED) is 0.821. The van der Waals surface area contributed by atoms with E-state index in [9.17, 15) is 9.18 Å². The van der Waals surface area contributed by atoms with E-state index < -0.39 is 5.82 Å². The molecular weight excluding hydrogens is 237 g/mol. The van der Waals surface area contributed by atoms with Crippen molar-refractivity contribution in [2.24, 2.45) is 5.92 Å². The van der Waals surface area contributed by atoms with E-state index >= 15 is 0 Å². The van der Waals surface area contributed by atoms with Crippen LogP contribution in [0.1, 0.15) is 13.8 Å². The number of esters is 1. The predicted octanol–water partition coefficient (Wildman–Crippen LogP) is 2.44. The van der Waals surface area contributed by atoms with Crippen molar-refractivity contribution in [1.29, 1.82) is 0 Å². The van der Waals surface area contributed by atoms with Crippen LogP contribution in [0.4, 0.5) is 10.1 Å². The lowest BCUT2D eigenvalue weighted by Crippen LogP contribution is -2.30. The van der Waals surface area contributed by atoms with Gasteiger partial charge in [-0.3, -0.25) is 4.79 Å². The normalized spacial score (nSPS) is 13.6. The smallest absolute Gasteiger partial charge is 0.310 e. The molecule has 4 nitrogen and oxygen atoms in total. The van der Waals surface area contributed by atoms with E-state index in [-0.39, 0.29) is 23.7 Å². The Bertz CT molecular complexity index is 423. The highest BCUT2D eigenvalue weighted by atomic mass is 19.1. The molecule has 1 aromatic rings. The van der Waals surface area contributed by atoms with Crippen LogP contribution in [0, 0.1) is 11.7 Å². The van der Waals surface area contributed by atoms with Crippen molar-refractivity contribution >= 4 is 11.7 Å². The average Bonchev–Trinajstić information content (AvgIpc) is 2.38. The monoisotopic (exact) mass is 255 g/mol. The van der Waals surface area contributed by atoms with E-state index in [4.69, 9.17) is 4.74 Å². The minimum atomic E-state index is -0.420. The number of anilines is 1. The number of carbonyl (C=O) groups excluding carboxylic acids is 1. The predicted molar refractivity (Wildman–Crippen MR) is 67.2 cm³/mol. The first kappa shape index (κ1) is 14.3. The second-order valence-electron chi connectivity index (χ2n) is 4.09. The Morgan fingerprint density at radius 3 is 2.56 bits per heavy atom. The molecule has 1 rings (SSSR count). The molecule has 0 saturated carbocycles. The highest BCUT2D eigenvalue weighted by molar-refractivity contribution is 5.73. The maximum absolute atomic E-state index is 13.2. The lowest BCUT2D eigenvalue weighted by Gasteiger charge is -2.20. The van der Waals surface area contributed by atoms with Crippen LogP contribution in [0.3, 0.4) is 0 Å². The average molecular weight is 255 g/mol. The summed E-state index contributed by atoms with van der Waals surface area (Å²) in [5.41, 5.74) is 0.691. The van der Waals surface area contributed by atoms with Gasteiger partial charge in [0.05, 0.1) is 20.1 Å². The highest BCUT2D eigenvalue weighted by Crippen LogP contribution is 2.23. The van der Waals surface area contributed by atoms with Gasteiger partial charge in [-0.1, -0.05) is 0 Å². The summed E-state index contributed by atoms with van der Waals surface area (Å²) >= 11 is 0. The summed E-state index contributed by atoms with van der Waals surface area (Å²) in [6.07, 6.45) is 0. The molecule has 2 atom stereocenters. The zero-order valence-corrected chi connectivity index (χ0v) is 11.0. The number of methoxy groups -OCH3 is 2. The van der Waals surface area contributed by atoms with E-state index in [0.717, 1.165) is 0 Å². The first-order valence-corrected chi connectivity index (χ1v) is 5.67. The summed E-state index contributed by atoms with van der Waals surface area (Å²) < 4.78 is 22.8. The van der Waals surface area contributed by atoms with Gasteiger partial charge in [0.1, 0.15) is 0 Å². The van der Waals surface area contributed by atoms with Gasteiger partial charge in [-0.05, 0) is 26.0 Å². The molecule has 0 aliphatic heterocycles. The molecule has 0 fully saturated rings. The summed E-state index contributed by atoms with van der Waals surface area (Å²) in [7, 11) is 2.76. The fraction of sp³-hybridized carbons (Fsp3) is 0.462. The van der Waals surface area contributed by atoms with Gasteiger partial charge in [-0.25, -0.2) is 4.39 Å². The summed E-state index contributed by atoms with van der Waals surface area (Å²) in [4.78, 5) is 11.4. The number of hydrogen-bond donors (Lipinski definition) is 1. The van der Waals surface area contributed by atoms with Crippen molar-refractivity contribution in [2.75, 3.05) is 19.5 Å². The Labute approximate surface area is 106 Å². The fourth-order valence-corrected chi connectivity index (χ4v) is 1.53. The molecule has 0 aliphatic rings. The van der Waals surface area contributed by atoms with E-state index in [1.54, 1.807) is 19.1 Å². The Hall–Kier alpha value is -1.78. The second-order valence-corrected chi connectivity index (χ2v) is 4.09. The van der Waals surface area contributed by atoms with Crippen molar-refractivity contribution in [2.45, 2.75) is 19.9 Å². The molecule has 0 saturated heterocycles. The lowest BCUT2D eigenvalue weighted by atomic mass is 10.0. The third-order valence-electron chi connectivity index (χ3n) is 2.87. The van der Waals surface area contributed by atoms with Crippen LogP contribution >= 0.6 is 0 Å². The van der Waals surface area contributed by atoms with Crippen molar-refractivity contribution in [3.63, 3.8) is 0 Å². The number of ether oxygens (including phenoxy) is 2. The van der Waals surface area contributed by atoms with Crippen LogP contribution in [0.5, 0.6) is 5.75 Å². The number of halogens is 1. The summed E-state index contributed by atoms with van der Waals surface area (Å²) in [5.74, 6) is -0.843. The van der Waals surface area contributed by atoms with Crippen molar-refractivity contribution < 1.29 is 18.7 Å². The van der Waals surface area contributed by atoms with Crippen LogP contribution in [0.25, 0.3) is 0 Å². The van der Waals surface area contributed by atoms with Gasteiger partial charge in [-0.2, -0.15) is 0 Å². The number of carbonyl (C=O) groups is 1. The van der Waals surface area contributed by atoms with Crippen LogP contribution in [-0.2, 0) is 9.53 Å². The maximum Gasteiger partial charge on any atom is 0.310 e. The molecule has 0 heterocycles. The molecule has 0 bridgehead atoms. The van der Waals surface area contributed by atoms with Gasteiger partial charge in [0.15, 0.2) is 11.6 Å².